The Kier molecular flexibility index (Phi) is 7.52. The molecule has 11 aromatic rings. The summed E-state index contributed by atoms with van der Waals surface area (Å²) in [5.74, 6) is 1.01. The van der Waals surface area contributed by atoms with E-state index in [1.165, 1.54) is 71.0 Å². The van der Waals surface area contributed by atoms with Gasteiger partial charge in [0.2, 0.25) is 0 Å². The van der Waals surface area contributed by atoms with Gasteiger partial charge in [-0.25, -0.2) is 0 Å². The highest BCUT2D eigenvalue weighted by molar-refractivity contribution is 6.24. The topological polar surface area (TPSA) is 27.9 Å². The number of benzene rings is 7. The van der Waals surface area contributed by atoms with Gasteiger partial charge in [0.15, 0.2) is 0 Å². The highest BCUT2D eigenvalue weighted by Crippen LogP contribution is 2.44. The number of furan rings is 1. The molecule has 4 aromatic heterocycles. The van der Waals surface area contributed by atoms with Gasteiger partial charge in [-0.2, -0.15) is 0 Å². The molecule has 0 radical (unpaired) electrons. The highest BCUT2D eigenvalue weighted by atomic mass is 16.3. The molecule has 4 nitrogen and oxygen atoms in total. The first-order chi connectivity index (χ1) is 29.2. The molecular weight excluding hydrogens is 719 g/mol. The fourth-order valence-corrected chi connectivity index (χ4v) is 9.96. The second-order valence-electron chi connectivity index (χ2n) is 15.8. The molecule has 282 valence electrons. The third kappa shape index (κ3) is 4.96. The fourth-order valence-electron chi connectivity index (χ4n) is 9.96. The molecule has 0 amide bonds. The summed E-state index contributed by atoms with van der Waals surface area (Å²) < 4.78 is 13.9. The average molecular weight is 760 g/mol. The SMILES string of the molecule is C/C=C\c1c(CC)oc2ccc(-n3c4ccc(-n5c6ccccc6c6ccccc65)cc4c4ccc5c6cc(C7=CCCC=C7)ccc6n(-c6ccccc6)c5c43)cc12. The minimum absolute atomic E-state index is 0.830. The van der Waals surface area contributed by atoms with Gasteiger partial charge in [0.25, 0.3) is 0 Å². The number of nitrogens with zero attached hydrogens (tertiary/aromatic N) is 3. The van der Waals surface area contributed by atoms with E-state index in [4.69, 9.17) is 4.42 Å². The van der Waals surface area contributed by atoms with Crippen LogP contribution in [0.3, 0.4) is 0 Å². The Morgan fingerprint density at radius 3 is 1.83 bits per heavy atom. The van der Waals surface area contributed by atoms with Crippen LogP contribution in [-0.4, -0.2) is 13.7 Å². The van der Waals surface area contributed by atoms with E-state index in [0.29, 0.717) is 0 Å². The van der Waals surface area contributed by atoms with Crippen molar-refractivity contribution in [1.29, 1.82) is 0 Å². The molecule has 1 aliphatic rings. The predicted octanol–water partition coefficient (Wildman–Crippen LogP) is 15.1. The smallest absolute Gasteiger partial charge is 0.135 e. The summed E-state index contributed by atoms with van der Waals surface area (Å²) >= 11 is 0. The molecule has 0 unspecified atom stereocenters. The Morgan fingerprint density at radius 1 is 0.525 bits per heavy atom. The third-order valence-corrected chi connectivity index (χ3v) is 12.5. The number of hydrogen-bond acceptors (Lipinski definition) is 1. The zero-order valence-corrected chi connectivity index (χ0v) is 33.1. The number of aromatic nitrogens is 3. The molecule has 0 saturated heterocycles. The minimum Gasteiger partial charge on any atom is -0.460 e. The lowest BCUT2D eigenvalue weighted by Crippen LogP contribution is -1.99. The van der Waals surface area contributed by atoms with Gasteiger partial charge in [-0.15, -0.1) is 0 Å². The summed E-state index contributed by atoms with van der Waals surface area (Å²) in [5.41, 5.74) is 15.1. The average Bonchev–Trinajstić information content (AvgIpc) is 4.03. The maximum atomic E-state index is 6.45. The van der Waals surface area contributed by atoms with E-state index in [1.807, 2.05) is 0 Å². The summed E-state index contributed by atoms with van der Waals surface area (Å²) in [4.78, 5) is 0. The van der Waals surface area contributed by atoms with Crippen LogP contribution in [0.4, 0.5) is 0 Å². The van der Waals surface area contributed by atoms with Crippen molar-refractivity contribution in [2.45, 2.75) is 33.1 Å². The summed E-state index contributed by atoms with van der Waals surface area (Å²) in [6.07, 6.45) is 14.3. The molecule has 0 N–H and O–H groups in total. The van der Waals surface area contributed by atoms with Crippen LogP contribution in [0.25, 0.3) is 105 Å². The van der Waals surface area contributed by atoms with Crippen LogP contribution in [0.1, 0.15) is 43.6 Å². The van der Waals surface area contributed by atoms with Crippen LogP contribution >= 0.6 is 0 Å². The predicted molar refractivity (Wildman–Crippen MR) is 250 cm³/mol. The normalized spacial score (nSPS) is 13.5. The van der Waals surface area contributed by atoms with Gasteiger partial charge in [-0.05, 0) is 104 Å². The van der Waals surface area contributed by atoms with E-state index in [0.717, 1.165) is 64.1 Å². The van der Waals surface area contributed by atoms with Crippen molar-refractivity contribution >= 4 is 88.0 Å². The van der Waals surface area contributed by atoms with Gasteiger partial charge >= 0.3 is 0 Å². The van der Waals surface area contributed by atoms with Crippen molar-refractivity contribution in [2.75, 3.05) is 0 Å². The molecule has 0 fully saturated rings. The second kappa shape index (κ2) is 13.1. The first kappa shape index (κ1) is 33.8. The van der Waals surface area contributed by atoms with Crippen molar-refractivity contribution in [2.24, 2.45) is 0 Å². The standard InChI is InChI=1S/C55H41N3O/c1-3-15-42-47-34-39(26-31-53(47)59-52(42)4-2)58-51-30-25-38(56-48-22-13-11-20-40(48)41-21-12-14-23-49(41)56)33-46(51)44-28-27-43-45-32-36(35-16-7-5-8-17-35)24-29-50(45)57(54(43)55(44)58)37-18-9-6-10-19-37/h3,6-7,9-34H,4-5,8H2,1-2H3/b15-3-. The summed E-state index contributed by atoms with van der Waals surface area (Å²) in [6.45, 7) is 4.24. The Morgan fingerprint density at radius 2 is 1.14 bits per heavy atom. The molecule has 0 aliphatic heterocycles. The maximum absolute atomic E-state index is 6.45. The lowest BCUT2D eigenvalue weighted by molar-refractivity contribution is 0.556. The fraction of sp³-hybridized carbons (Fsp3) is 0.0909. The molecule has 0 saturated carbocycles. The van der Waals surface area contributed by atoms with E-state index in [2.05, 4.69) is 204 Å². The Hall–Kier alpha value is -7.30. The quantitative estimate of drug-likeness (QED) is 0.166. The van der Waals surface area contributed by atoms with Crippen LogP contribution in [0.5, 0.6) is 0 Å². The first-order valence-corrected chi connectivity index (χ1v) is 20.8. The molecule has 0 atom stereocenters. The van der Waals surface area contributed by atoms with E-state index in [9.17, 15) is 0 Å². The number of fused-ring (bicyclic) bond motifs is 11. The van der Waals surface area contributed by atoms with Gasteiger partial charge in [-0.3, -0.25) is 0 Å². The lowest BCUT2D eigenvalue weighted by atomic mass is 9.98. The minimum atomic E-state index is 0.830. The van der Waals surface area contributed by atoms with Crippen molar-refractivity contribution in [3.8, 4) is 17.1 Å². The number of allylic oxidation sites excluding steroid dienone is 5. The van der Waals surface area contributed by atoms with Gasteiger partial charge in [0, 0.05) is 66.8 Å². The monoisotopic (exact) mass is 759 g/mol. The lowest BCUT2D eigenvalue weighted by Gasteiger charge is -2.13. The zero-order chi connectivity index (χ0) is 39.2. The van der Waals surface area contributed by atoms with E-state index >= 15 is 0 Å². The Balaban J connectivity index is 1.24. The molecule has 59 heavy (non-hydrogen) atoms. The van der Waals surface area contributed by atoms with Crippen molar-refractivity contribution in [3.63, 3.8) is 0 Å². The number of para-hydroxylation sites is 3. The summed E-state index contributed by atoms with van der Waals surface area (Å²) in [7, 11) is 0. The molecule has 0 spiro atoms. The van der Waals surface area contributed by atoms with Gasteiger partial charge in [0.05, 0.1) is 33.1 Å². The van der Waals surface area contributed by atoms with Crippen LogP contribution in [0.2, 0.25) is 0 Å². The Bertz CT molecular complexity index is 3540. The Labute approximate surface area is 341 Å². The molecule has 1 aliphatic carbocycles. The van der Waals surface area contributed by atoms with E-state index < -0.39 is 0 Å². The van der Waals surface area contributed by atoms with Crippen molar-refractivity contribution in [1.82, 2.24) is 13.7 Å². The van der Waals surface area contributed by atoms with Crippen LogP contribution in [0.15, 0.2) is 174 Å². The number of hydrogen-bond donors (Lipinski definition) is 0. The van der Waals surface area contributed by atoms with Crippen molar-refractivity contribution < 1.29 is 4.42 Å². The molecule has 4 heteroatoms. The second-order valence-corrected chi connectivity index (χ2v) is 15.8. The number of aryl methyl sites for hydroxylation is 1. The van der Waals surface area contributed by atoms with Crippen LogP contribution in [0, 0.1) is 0 Å². The zero-order valence-electron chi connectivity index (χ0n) is 33.1. The largest absolute Gasteiger partial charge is 0.460 e. The van der Waals surface area contributed by atoms with E-state index in [-0.39, 0.29) is 0 Å². The van der Waals surface area contributed by atoms with Gasteiger partial charge < -0.3 is 18.1 Å². The molecule has 12 rings (SSSR count). The van der Waals surface area contributed by atoms with Crippen LogP contribution < -0.4 is 0 Å². The summed E-state index contributed by atoms with van der Waals surface area (Å²) in [6, 6.07) is 53.9. The highest BCUT2D eigenvalue weighted by Gasteiger charge is 2.24. The first-order valence-electron chi connectivity index (χ1n) is 20.8. The third-order valence-electron chi connectivity index (χ3n) is 12.5. The number of rotatable bonds is 6. The maximum Gasteiger partial charge on any atom is 0.135 e. The van der Waals surface area contributed by atoms with Gasteiger partial charge in [-0.1, -0.05) is 110 Å². The molecular formula is C55H41N3O. The molecule has 0 bridgehead atoms. The molecule has 7 aromatic carbocycles. The van der Waals surface area contributed by atoms with Crippen molar-refractivity contribution in [3.05, 3.63) is 187 Å². The van der Waals surface area contributed by atoms with E-state index in [1.54, 1.807) is 0 Å². The van der Waals surface area contributed by atoms with Gasteiger partial charge in [0.1, 0.15) is 11.3 Å². The molecule has 4 heterocycles. The summed E-state index contributed by atoms with van der Waals surface area (Å²) in [5, 5.41) is 8.55. The van der Waals surface area contributed by atoms with Crippen LogP contribution in [-0.2, 0) is 6.42 Å².